The van der Waals surface area contributed by atoms with Crippen LogP contribution in [0.25, 0.3) is 11.0 Å². The molecule has 0 aliphatic carbocycles. The van der Waals surface area contributed by atoms with Gasteiger partial charge in [-0.1, -0.05) is 5.21 Å². The van der Waals surface area contributed by atoms with Gasteiger partial charge >= 0.3 is 6.18 Å². The number of alkyl halides is 3. The summed E-state index contributed by atoms with van der Waals surface area (Å²) < 4.78 is 39.9. The number of carbonyl (C=O) groups excluding carboxylic acids is 1. The van der Waals surface area contributed by atoms with Crippen molar-refractivity contribution >= 4 is 16.9 Å². The number of amides is 1. The highest BCUT2D eigenvalue weighted by Gasteiger charge is 2.41. The van der Waals surface area contributed by atoms with E-state index in [1.54, 1.807) is 34.8 Å². The Bertz CT molecular complexity index is 749. The van der Waals surface area contributed by atoms with Crippen molar-refractivity contribution in [2.75, 3.05) is 26.2 Å². The van der Waals surface area contributed by atoms with Gasteiger partial charge in [-0.05, 0) is 25.1 Å². The Morgan fingerprint density at radius 3 is 2.50 bits per heavy atom. The smallest absolute Gasteiger partial charge is 0.336 e. The number of aryl methyl sites for hydroxylation is 1. The molecule has 0 radical (unpaired) electrons. The van der Waals surface area contributed by atoms with Crippen LogP contribution in [0, 0.1) is 0 Å². The Kier molecular flexibility index (Phi) is 4.20. The van der Waals surface area contributed by atoms with E-state index in [1.807, 2.05) is 0 Å². The molecule has 130 valence electrons. The van der Waals surface area contributed by atoms with Gasteiger partial charge in [0, 0.05) is 38.8 Å². The van der Waals surface area contributed by atoms with E-state index in [1.165, 1.54) is 4.90 Å². The highest BCUT2D eigenvalue weighted by atomic mass is 19.4. The molecule has 1 unspecified atom stereocenters. The number of benzene rings is 1. The van der Waals surface area contributed by atoms with Crippen molar-refractivity contribution in [2.45, 2.75) is 19.1 Å². The number of fused-ring (bicyclic) bond motifs is 1. The normalized spacial score (nSPS) is 18.1. The monoisotopic (exact) mass is 341 g/mol. The zero-order chi connectivity index (χ0) is 17.5. The van der Waals surface area contributed by atoms with Gasteiger partial charge < -0.3 is 4.90 Å². The second-order valence-electron chi connectivity index (χ2n) is 5.96. The minimum absolute atomic E-state index is 0.193. The molecule has 1 saturated heterocycles. The van der Waals surface area contributed by atoms with E-state index in [4.69, 9.17) is 0 Å². The lowest BCUT2D eigenvalue weighted by atomic mass is 10.1. The van der Waals surface area contributed by atoms with Crippen LogP contribution in [0.4, 0.5) is 13.2 Å². The third-order valence-electron chi connectivity index (χ3n) is 4.48. The quantitative estimate of drug-likeness (QED) is 0.834. The first-order valence-corrected chi connectivity index (χ1v) is 7.67. The Morgan fingerprint density at radius 2 is 1.88 bits per heavy atom. The van der Waals surface area contributed by atoms with Crippen LogP contribution in [-0.4, -0.2) is 69.1 Å². The van der Waals surface area contributed by atoms with Gasteiger partial charge in [-0.15, -0.1) is 5.10 Å². The SMILES string of the molecule is CC(N1CCN(C(=O)c2ccc3c(c2)nnn3C)CC1)C(F)(F)F. The topological polar surface area (TPSA) is 54.3 Å². The van der Waals surface area contributed by atoms with Crippen LogP contribution in [-0.2, 0) is 7.05 Å². The van der Waals surface area contributed by atoms with Crippen LogP contribution in [0.15, 0.2) is 18.2 Å². The molecule has 1 aromatic heterocycles. The summed E-state index contributed by atoms with van der Waals surface area (Å²) in [6, 6.07) is 3.63. The molecule has 24 heavy (non-hydrogen) atoms. The van der Waals surface area contributed by atoms with E-state index in [0.717, 1.165) is 12.4 Å². The molecule has 0 saturated carbocycles. The molecule has 1 aliphatic heterocycles. The van der Waals surface area contributed by atoms with Crippen LogP contribution in [0.3, 0.4) is 0 Å². The van der Waals surface area contributed by atoms with Crippen LogP contribution >= 0.6 is 0 Å². The first kappa shape index (κ1) is 16.7. The predicted octanol–water partition coefficient (Wildman–Crippen LogP) is 1.68. The average Bonchev–Trinajstić information content (AvgIpc) is 2.93. The van der Waals surface area contributed by atoms with E-state index in [9.17, 15) is 18.0 Å². The van der Waals surface area contributed by atoms with Gasteiger partial charge in [-0.2, -0.15) is 13.2 Å². The van der Waals surface area contributed by atoms with Crippen molar-refractivity contribution in [1.82, 2.24) is 24.8 Å². The maximum absolute atomic E-state index is 12.8. The second kappa shape index (κ2) is 6.04. The molecule has 9 heteroatoms. The predicted molar refractivity (Wildman–Crippen MR) is 81.5 cm³/mol. The molecule has 1 aromatic carbocycles. The summed E-state index contributed by atoms with van der Waals surface area (Å²) >= 11 is 0. The first-order chi connectivity index (χ1) is 11.3. The minimum atomic E-state index is -4.25. The van der Waals surface area contributed by atoms with Gasteiger partial charge in [-0.25, -0.2) is 4.68 Å². The number of hydrogen-bond acceptors (Lipinski definition) is 4. The first-order valence-electron chi connectivity index (χ1n) is 7.67. The largest absolute Gasteiger partial charge is 0.403 e. The van der Waals surface area contributed by atoms with Gasteiger partial charge in [-0.3, -0.25) is 9.69 Å². The molecule has 1 fully saturated rings. The fourth-order valence-corrected chi connectivity index (χ4v) is 2.88. The number of piperazine rings is 1. The molecule has 1 aliphatic rings. The van der Waals surface area contributed by atoms with Crippen LogP contribution < -0.4 is 0 Å². The summed E-state index contributed by atoms with van der Waals surface area (Å²) in [6.07, 6.45) is -4.25. The van der Waals surface area contributed by atoms with Gasteiger partial charge in [0.1, 0.15) is 11.6 Å². The van der Waals surface area contributed by atoms with Gasteiger partial charge in [0.05, 0.1) is 5.52 Å². The molecule has 1 atom stereocenters. The van der Waals surface area contributed by atoms with E-state index in [-0.39, 0.29) is 32.1 Å². The van der Waals surface area contributed by atoms with Crippen molar-refractivity contribution < 1.29 is 18.0 Å². The number of aromatic nitrogens is 3. The molecule has 2 aromatic rings. The summed E-state index contributed by atoms with van der Waals surface area (Å²) in [4.78, 5) is 15.5. The number of nitrogens with zero attached hydrogens (tertiary/aromatic N) is 5. The van der Waals surface area contributed by atoms with Crippen molar-refractivity contribution in [1.29, 1.82) is 0 Å². The average molecular weight is 341 g/mol. The molecule has 2 heterocycles. The number of rotatable bonds is 2. The van der Waals surface area contributed by atoms with Crippen molar-refractivity contribution in [3.8, 4) is 0 Å². The van der Waals surface area contributed by atoms with E-state index in [2.05, 4.69) is 10.3 Å². The molecular weight excluding hydrogens is 323 g/mol. The van der Waals surface area contributed by atoms with Crippen molar-refractivity contribution in [3.05, 3.63) is 23.8 Å². The number of hydrogen-bond donors (Lipinski definition) is 0. The fourth-order valence-electron chi connectivity index (χ4n) is 2.88. The molecule has 6 nitrogen and oxygen atoms in total. The summed E-state index contributed by atoms with van der Waals surface area (Å²) in [5, 5.41) is 7.87. The van der Waals surface area contributed by atoms with Crippen LogP contribution in [0.2, 0.25) is 0 Å². The van der Waals surface area contributed by atoms with Crippen LogP contribution in [0.5, 0.6) is 0 Å². The second-order valence-corrected chi connectivity index (χ2v) is 5.96. The Morgan fingerprint density at radius 1 is 1.21 bits per heavy atom. The number of halogens is 3. The van der Waals surface area contributed by atoms with Gasteiger partial charge in [0.15, 0.2) is 0 Å². The summed E-state index contributed by atoms with van der Waals surface area (Å²) in [5.41, 5.74) is 1.91. The molecule has 0 spiro atoms. The lowest BCUT2D eigenvalue weighted by Crippen LogP contribution is -2.54. The summed E-state index contributed by atoms with van der Waals surface area (Å²) in [6.45, 7) is 2.12. The highest BCUT2D eigenvalue weighted by Crippen LogP contribution is 2.25. The van der Waals surface area contributed by atoms with Crippen molar-refractivity contribution in [2.24, 2.45) is 7.05 Å². The molecule has 3 rings (SSSR count). The summed E-state index contributed by atoms with van der Waals surface area (Å²) in [7, 11) is 1.76. The summed E-state index contributed by atoms with van der Waals surface area (Å²) in [5.74, 6) is -0.193. The Labute approximate surface area is 136 Å². The van der Waals surface area contributed by atoms with Gasteiger partial charge in [0.2, 0.25) is 0 Å². The van der Waals surface area contributed by atoms with E-state index < -0.39 is 12.2 Å². The van der Waals surface area contributed by atoms with E-state index >= 15 is 0 Å². The van der Waals surface area contributed by atoms with E-state index in [0.29, 0.717) is 11.1 Å². The van der Waals surface area contributed by atoms with Gasteiger partial charge in [0.25, 0.3) is 5.91 Å². The Hall–Kier alpha value is -2.16. The standard InChI is InChI=1S/C15H18F3N5O/c1-10(15(16,17)18)22-5-7-23(8-6-22)14(24)11-3-4-13-12(9-11)19-20-21(13)2/h3-4,9-10H,5-8H2,1-2H3. The molecule has 0 N–H and O–H groups in total. The zero-order valence-corrected chi connectivity index (χ0v) is 13.4. The maximum Gasteiger partial charge on any atom is 0.403 e. The maximum atomic E-state index is 12.8. The molecule has 1 amide bonds. The lowest BCUT2D eigenvalue weighted by Gasteiger charge is -2.38. The zero-order valence-electron chi connectivity index (χ0n) is 13.4. The molecule has 0 bridgehead atoms. The van der Waals surface area contributed by atoms with Crippen molar-refractivity contribution in [3.63, 3.8) is 0 Å². The fraction of sp³-hybridized carbons (Fsp3) is 0.533. The molecular formula is C15H18F3N5O. The van der Waals surface area contributed by atoms with Crippen LogP contribution in [0.1, 0.15) is 17.3 Å². The minimum Gasteiger partial charge on any atom is -0.336 e. The number of carbonyl (C=O) groups is 1. The third-order valence-corrected chi connectivity index (χ3v) is 4.48. The highest BCUT2D eigenvalue weighted by molar-refractivity contribution is 5.97. The third kappa shape index (κ3) is 3.08. The Balaban J connectivity index is 1.68. The lowest BCUT2D eigenvalue weighted by molar-refractivity contribution is -0.181.